The van der Waals surface area contributed by atoms with Gasteiger partial charge >= 0.3 is 5.97 Å². The van der Waals surface area contributed by atoms with Gasteiger partial charge in [-0.3, -0.25) is 0 Å². The van der Waals surface area contributed by atoms with E-state index in [4.69, 9.17) is 9.47 Å². The molecule has 0 amide bonds. The van der Waals surface area contributed by atoms with Gasteiger partial charge in [0.15, 0.2) is 5.60 Å². The van der Waals surface area contributed by atoms with E-state index in [0.717, 1.165) is 22.8 Å². The van der Waals surface area contributed by atoms with Gasteiger partial charge in [0.2, 0.25) is 0 Å². The number of carbonyl (C=O) groups is 1. The van der Waals surface area contributed by atoms with Crippen LogP contribution in [0.1, 0.15) is 25.8 Å². The van der Waals surface area contributed by atoms with E-state index in [0.29, 0.717) is 0 Å². The second kappa shape index (κ2) is 8.83. The number of benzene rings is 1. The Morgan fingerprint density at radius 1 is 1.33 bits per heavy atom. The number of ether oxygens (including phenoxy) is 2. The topological polar surface area (TPSA) is 55.8 Å². The molecule has 1 saturated heterocycles. The number of hydrogen-bond donors (Lipinski definition) is 1. The standard InChI is InChI=1S/C18H24O4S2/c1-13(11-16-23-9-4-10-24-16)18(2,17(19)20)22-12-14-5-7-15(21-3)8-6-14/h5-8,11,13H,4,9-10,12H2,1-3H3,(H,19,20)/t13-,18+/m1/s1. The summed E-state index contributed by atoms with van der Waals surface area (Å²) in [6.07, 6.45) is 3.24. The SMILES string of the molecule is COc1ccc(CO[C@](C)(C(=O)O)[C@H](C)C=C2SCCCS2)cc1. The Kier molecular flexibility index (Phi) is 7.07. The van der Waals surface area contributed by atoms with E-state index in [-0.39, 0.29) is 12.5 Å². The first kappa shape index (κ1) is 19.2. The van der Waals surface area contributed by atoms with Gasteiger partial charge in [-0.25, -0.2) is 4.79 Å². The predicted octanol–water partition coefficient (Wildman–Crippen LogP) is 4.40. The molecule has 0 saturated carbocycles. The monoisotopic (exact) mass is 368 g/mol. The highest BCUT2D eigenvalue weighted by molar-refractivity contribution is 8.22. The van der Waals surface area contributed by atoms with E-state index < -0.39 is 11.6 Å². The van der Waals surface area contributed by atoms with E-state index in [9.17, 15) is 9.90 Å². The van der Waals surface area contributed by atoms with Gasteiger partial charge in [0.05, 0.1) is 13.7 Å². The Hall–Kier alpha value is -1.11. The second-order valence-electron chi connectivity index (χ2n) is 5.87. The Morgan fingerprint density at radius 2 is 1.96 bits per heavy atom. The summed E-state index contributed by atoms with van der Waals surface area (Å²) >= 11 is 3.60. The molecular weight excluding hydrogens is 344 g/mol. The molecule has 2 atom stereocenters. The average Bonchev–Trinajstić information content (AvgIpc) is 2.60. The summed E-state index contributed by atoms with van der Waals surface area (Å²) in [5, 5.41) is 9.70. The highest BCUT2D eigenvalue weighted by Crippen LogP contribution is 2.37. The maximum absolute atomic E-state index is 11.8. The molecule has 24 heavy (non-hydrogen) atoms. The van der Waals surface area contributed by atoms with Crippen LogP contribution in [0.25, 0.3) is 0 Å². The van der Waals surface area contributed by atoms with Crippen molar-refractivity contribution in [3.05, 3.63) is 40.1 Å². The number of rotatable bonds is 7. The number of thioether (sulfide) groups is 2. The second-order valence-corrected chi connectivity index (χ2v) is 8.41. The molecule has 1 aromatic rings. The minimum atomic E-state index is -1.26. The molecule has 1 aromatic carbocycles. The van der Waals surface area contributed by atoms with Crippen LogP contribution in [0.5, 0.6) is 5.75 Å². The van der Waals surface area contributed by atoms with Crippen molar-refractivity contribution in [3.8, 4) is 5.75 Å². The zero-order valence-corrected chi connectivity index (χ0v) is 15.9. The minimum absolute atomic E-state index is 0.221. The lowest BCUT2D eigenvalue weighted by Crippen LogP contribution is -2.43. The summed E-state index contributed by atoms with van der Waals surface area (Å²) in [5.74, 6) is 1.81. The first-order valence-electron chi connectivity index (χ1n) is 7.93. The number of carboxylic acid groups (broad SMARTS) is 1. The van der Waals surface area contributed by atoms with Crippen molar-refractivity contribution in [2.45, 2.75) is 32.5 Å². The van der Waals surface area contributed by atoms with Crippen LogP contribution in [-0.4, -0.2) is 35.3 Å². The van der Waals surface area contributed by atoms with Gasteiger partial charge in [-0.05, 0) is 42.5 Å². The minimum Gasteiger partial charge on any atom is -0.497 e. The van der Waals surface area contributed by atoms with Gasteiger partial charge in [0, 0.05) is 10.2 Å². The Morgan fingerprint density at radius 3 is 2.50 bits per heavy atom. The molecule has 0 spiro atoms. The lowest BCUT2D eigenvalue weighted by Gasteiger charge is -2.30. The number of methoxy groups -OCH3 is 1. The molecule has 1 fully saturated rings. The fourth-order valence-electron chi connectivity index (χ4n) is 2.25. The zero-order valence-electron chi connectivity index (χ0n) is 14.3. The van der Waals surface area contributed by atoms with Crippen molar-refractivity contribution in [3.63, 3.8) is 0 Å². The fraction of sp³-hybridized carbons (Fsp3) is 0.500. The fourth-order valence-corrected chi connectivity index (χ4v) is 4.84. The maximum Gasteiger partial charge on any atom is 0.336 e. The third-order valence-corrected chi connectivity index (χ3v) is 6.69. The lowest BCUT2D eigenvalue weighted by molar-refractivity contribution is -0.170. The highest BCUT2D eigenvalue weighted by Gasteiger charge is 2.39. The first-order chi connectivity index (χ1) is 11.5. The van der Waals surface area contributed by atoms with E-state index in [1.165, 1.54) is 10.7 Å². The highest BCUT2D eigenvalue weighted by atomic mass is 32.2. The van der Waals surface area contributed by atoms with Gasteiger partial charge in [-0.2, -0.15) is 0 Å². The Labute approximate surface area is 152 Å². The van der Waals surface area contributed by atoms with Crippen molar-refractivity contribution in [1.29, 1.82) is 0 Å². The van der Waals surface area contributed by atoms with Crippen molar-refractivity contribution < 1.29 is 19.4 Å². The van der Waals surface area contributed by atoms with Crippen LogP contribution in [0.2, 0.25) is 0 Å². The summed E-state index contributed by atoms with van der Waals surface area (Å²) in [6.45, 7) is 3.81. The molecule has 132 valence electrons. The lowest BCUT2D eigenvalue weighted by atomic mass is 9.90. The maximum atomic E-state index is 11.8. The summed E-state index contributed by atoms with van der Waals surface area (Å²) < 4.78 is 12.2. The van der Waals surface area contributed by atoms with Crippen LogP contribution < -0.4 is 4.74 Å². The van der Waals surface area contributed by atoms with Crippen LogP contribution in [0.4, 0.5) is 0 Å². The number of hydrogen-bond acceptors (Lipinski definition) is 5. The molecule has 0 aromatic heterocycles. The smallest absolute Gasteiger partial charge is 0.336 e. The largest absolute Gasteiger partial charge is 0.497 e. The quantitative estimate of drug-likeness (QED) is 0.770. The molecule has 0 bridgehead atoms. The zero-order chi connectivity index (χ0) is 17.6. The molecule has 0 aliphatic carbocycles. The Balaban J connectivity index is 2.06. The van der Waals surface area contributed by atoms with E-state index in [1.807, 2.05) is 37.3 Å². The number of aliphatic carboxylic acids is 1. The summed E-state index contributed by atoms with van der Waals surface area (Å²) in [4.78, 5) is 11.8. The van der Waals surface area contributed by atoms with Gasteiger partial charge < -0.3 is 14.6 Å². The molecular formula is C18H24O4S2. The molecule has 0 unspecified atom stereocenters. The van der Waals surface area contributed by atoms with Crippen molar-refractivity contribution in [2.24, 2.45) is 5.92 Å². The molecule has 1 aliphatic heterocycles. The van der Waals surface area contributed by atoms with Gasteiger partial charge in [0.1, 0.15) is 5.75 Å². The third-order valence-electron chi connectivity index (χ3n) is 4.15. The number of carboxylic acids is 1. The molecule has 2 rings (SSSR count). The predicted molar refractivity (Wildman–Crippen MR) is 101 cm³/mol. The molecule has 1 N–H and O–H groups in total. The van der Waals surface area contributed by atoms with Crippen molar-refractivity contribution in [2.75, 3.05) is 18.6 Å². The van der Waals surface area contributed by atoms with Gasteiger partial charge in [0.25, 0.3) is 0 Å². The molecule has 6 heteroatoms. The van der Waals surface area contributed by atoms with Crippen LogP contribution in [0.15, 0.2) is 34.6 Å². The van der Waals surface area contributed by atoms with E-state index >= 15 is 0 Å². The summed E-state index contributed by atoms with van der Waals surface area (Å²) in [5.41, 5.74) is -0.338. The van der Waals surface area contributed by atoms with E-state index in [2.05, 4.69) is 0 Å². The average molecular weight is 369 g/mol. The van der Waals surface area contributed by atoms with Crippen molar-refractivity contribution >= 4 is 29.5 Å². The Bertz CT molecular complexity index is 577. The summed E-state index contributed by atoms with van der Waals surface area (Å²) in [7, 11) is 1.61. The van der Waals surface area contributed by atoms with Crippen LogP contribution in [-0.2, 0) is 16.1 Å². The normalized spacial score (nSPS) is 18.5. The molecule has 1 aliphatic rings. The molecule has 0 radical (unpaired) electrons. The van der Waals surface area contributed by atoms with Crippen molar-refractivity contribution in [1.82, 2.24) is 0 Å². The van der Waals surface area contributed by atoms with Gasteiger partial charge in [-0.1, -0.05) is 25.1 Å². The van der Waals surface area contributed by atoms with Crippen LogP contribution >= 0.6 is 23.5 Å². The van der Waals surface area contributed by atoms with Crippen LogP contribution in [0.3, 0.4) is 0 Å². The van der Waals surface area contributed by atoms with Crippen LogP contribution in [0, 0.1) is 5.92 Å². The first-order valence-corrected chi connectivity index (χ1v) is 9.90. The molecule has 1 heterocycles. The van der Waals surface area contributed by atoms with E-state index in [1.54, 1.807) is 37.6 Å². The molecule has 4 nitrogen and oxygen atoms in total. The summed E-state index contributed by atoms with van der Waals surface area (Å²) in [6, 6.07) is 7.46. The van der Waals surface area contributed by atoms with Gasteiger partial charge in [-0.15, -0.1) is 23.5 Å². The third kappa shape index (κ3) is 4.94.